The molecule has 1 aliphatic rings. The Morgan fingerprint density at radius 1 is 1.32 bits per heavy atom. The van der Waals surface area contributed by atoms with Crippen molar-refractivity contribution >= 4 is 17.8 Å². The fourth-order valence-corrected chi connectivity index (χ4v) is 2.68. The molecule has 1 fully saturated rings. The maximum absolute atomic E-state index is 12.1. The van der Waals surface area contributed by atoms with Crippen LogP contribution in [-0.2, 0) is 9.59 Å². The van der Waals surface area contributed by atoms with Gasteiger partial charge in [-0.3, -0.25) is 14.9 Å². The van der Waals surface area contributed by atoms with Crippen molar-refractivity contribution in [1.82, 2.24) is 25.5 Å². The fourth-order valence-electron chi connectivity index (χ4n) is 2.68. The van der Waals surface area contributed by atoms with Gasteiger partial charge in [0.05, 0.1) is 12.4 Å². The molecule has 2 aromatic rings. The van der Waals surface area contributed by atoms with Gasteiger partial charge < -0.3 is 15.2 Å². The average molecular weight is 341 g/mol. The van der Waals surface area contributed by atoms with Gasteiger partial charge in [0.2, 0.25) is 5.91 Å². The van der Waals surface area contributed by atoms with Gasteiger partial charge in [0, 0.05) is 24.5 Å². The lowest BCUT2D eigenvalue weighted by Crippen LogP contribution is -2.32. The quantitative estimate of drug-likeness (QED) is 0.683. The Morgan fingerprint density at radius 3 is 2.68 bits per heavy atom. The summed E-state index contributed by atoms with van der Waals surface area (Å²) in [5.41, 5.74) is 1.96. The summed E-state index contributed by atoms with van der Waals surface area (Å²) in [6.07, 6.45) is 5.73. The van der Waals surface area contributed by atoms with E-state index in [1.807, 2.05) is 42.0 Å². The topological polar surface area (TPSA) is 105 Å². The van der Waals surface area contributed by atoms with Gasteiger partial charge in [-0.15, -0.1) is 0 Å². The van der Waals surface area contributed by atoms with E-state index in [4.69, 9.17) is 0 Å². The maximum Gasteiger partial charge on any atom is 0.322 e. The van der Waals surface area contributed by atoms with E-state index in [0.717, 1.165) is 11.3 Å². The van der Waals surface area contributed by atoms with Crippen LogP contribution in [-0.4, -0.2) is 33.4 Å². The standard InChI is InChI=1S/C17H19N5O3/c1-11(12-2-4-13(5-3-12)22-9-8-18-10-22)19-15(23)7-6-14-16(24)21-17(25)20-14/h2-5,8-11,14H,6-7H2,1H3,(H,19,23)(H2,20,21,24,25). The molecule has 0 aliphatic carbocycles. The smallest absolute Gasteiger partial charge is 0.322 e. The van der Waals surface area contributed by atoms with Crippen molar-refractivity contribution < 1.29 is 14.4 Å². The molecule has 2 atom stereocenters. The normalized spacial score (nSPS) is 17.7. The highest BCUT2D eigenvalue weighted by atomic mass is 16.2. The first kappa shape index (κ1) is 16.7. The predicted molar refractivity (Wildman–Crippen MR) is 89.8 cm³/mol. The zero-order chi connectivity index (χ0) is 17.8. The third-order valence-corrected chi connectivity index (χ3v) is 4.09. The SMILES string of the molecule is CC(NC(=O)CCC1NC(=O)NC1=O)c1ccc(-n2ccnc2)cc1. The van der Waals surface area contributed by atoms with Gasteiger partial charge in [-0.2, -0.15) is 0 Å². The minimum atomic E-state index is -0.636. The highest BCUT2D eigenvalue weighted by Crippen LogP contribution is 2.16. The van der Waals surface area contributed by atoms with E-state index in [0.29, 0.717) is 0 Å². The van der Waals surface area contributed by atoms with Crippen LogP contribution in [0.3, 0.4) is 0 Å². The summed E-state index contributed by atoms with van der Waals surface area (Å²) in [6.45, 7) is 1.90. The third-order valence-electron chi connectivity index (χ3n) is 4.09. The first-order chi connectivity index (χ1) is 12.0. The number of hydrogen-bond donors (Lipinski definition) is 3. The predicted octanol–water partition coefficient (Wildman–Crippen LogP) is 1.04. The second-order valence-electron chi connectivity index (χ2n) is 5.90. The highest BCUT2D eigenvalue weighted by Gasteiger charge is 2.29. The van der Waals surface area contributed by atoms with E-state index in [1.165, 1.54) is 0 Å². The molecule has 2 unspecified atom stereocenters. The molecule has 8 heteroatoms. The lowest BCUT2D eigenvalue weighted by Gasteiger charge is -2.15. The van der Waals surface area contributed by atoms with Gasteiger partial charge in [-0.1, -0.05) is 12.1 Å². The number of imidazole rings is 1. The van der Waals surface area contributed by atoms with Crippen molar-refractivity contribution in [3.63, 3.8) is 0 Å². The van der Waals surface area contributed by atoms with Crippen molar-refractivity contribution in [3.8, 4) is 5.69 Å². The lowest BCUT2D eigenvalue weighted by molar-refractivity contribution is -0.122. The van der Waals surface area contributed by atoms with Crippen molar-refractivity contribution in [2.24, 2.45) is 0 Å². The molecular formula is C17H19N5O3. The van der Waals surface area contributed by atoms with E-state index < -0.39 is 12.1 Å². The molecule has 1 aliphatic heterocycles. The first-order valence-corrected chi connectivity index (χ1v) is 8.02. The number of urea groups is 1. The molecule has 8 nitrogen and oxygen atoms in total. The minimum Gasteiger partial charge on any atom is -0.350 e. The van der Waals surface area contributed by atoms with Gasteiger partial charge in [-0.25, -0.2) is 9.78 Å². The van der Waals surface area contributed by atoms with Crippen LogP contribution < -0.4 is 16.0 Å². The van der Waals surface area contributed by atoms with E-state index in [9.17, 15) is 14.4 Å². The number of nitrogens with one attached hydrogen (secondary N) is 3. The summed E-state index contributed by atoms with van der Waals surface area (Å²) in [7, 11) is 0. The Bertz CT molecular complexity index is 770. The van der Waals surface area contributed by atoms with E-state index in [2.05, 4.69) is 20.9 Å². The van der Waals surface area contributed by atoms with Crippen molar-refractivity contribution in [1.29, 1.82) is 0 Å². The molecule has 25 heavy (non-hydrogen) atoms. The summed E-state index contributed by atoms with van der Waals surface area (Å²) in [5, 5.41) is 7.52. The molecule has 1 aromatic carbocycles. The van der Waals surface area contributed by atoms with Crippen LogP contribution in [0.15, 0.2) is 43.0 Å². The number of benzene rings is 1. The molecular weight excluding hydrogens is 322 g/mol. The number of amides is 4. The Morgan fingerprint density at radius 2 is 2.08 bits per heavy atom. The van der Waals surface area contributed by atoms with Crippen LogP contribution in [0.5, 0.6) is 0 Å². The van der Waals surface area contributed by atoms with Crippen LogP contribution in [0.25, 0.3) is 5.69 Å². The average Bonchev–Trinajstić information content (AvgIpc) is 3.23. The molecule has 0 spiro atoms. The minimum absolute atomic E-state index is 0.156. The Kier molecular flexibility index (Phi) is 4.78. The largest absolute Gasteiger partial charge is 0.350 e. The number of imide groups is 1. The maximum atomic E-state index is 12.1. The number of carbonyl (C=O) groups excluding carboxylic acids is 3. The molecule has 0 radical (unpaired) electrons. The summed E-state index contributed by atoms with van der Waals surface area (Å²) in [5.74, 6) is -0.555. The second-order valence-corrected chi connectivity index (χ2v) is 5.90. The third kappa shape index (κ3) is 4.03. The van der Waals surface area contributed by atoms with Crippen molar-refractivity contribution in [3.05, 3.63) is 48.5 Å². The van der Waals surface area contributed by atoms with E-state index in [1.54, 1.807) is 12.5 Å². The molecule has 1 aromatic heterocycles. The molecule has 0 saturated carbocycles. The number of rotatable bonds is 6. The zero-order valence-corrected chi connectivity index (χ0v) is 13.7. The Labute approximate surface area is 144 Å². The number of nitrogens with zero attached hydrogens (tertiary/aromatic N) is 2. The summed E-state index contributed by atoms with van der Waals surface area (Å²) in [6, 6.07) is 6.51. The summed E-state index contributed by atoms with van der Waals surface area (Å²) in [4.78, 5) is 38.5. The van der Waals surface area contributed by atoms with Gasteiger partial charge in [-0.05, 0) is 31.0 Å². The van der Waals surface area contributed by atoms with E-state index >= 15 is 0 Å². The lowest BCUT2D eigenvalue weighted by atomic mass is 10.1. The van der Waals surface area contributed by atoms with E-state index in [-0.39, 0.29) is 30.7 Å². The Hall–Kier alpha value is -3.16. The summed E-state index contributed by atoms with van der Waals surface area (Å²) < 4.78 is 1.90. The molecule has 4 amide bonds. The van der Waals surface area contributed by atoms with Crippen molar-refractivity contribution in [2.45, 2.75) is 31.8 Å². The van der Waals surface area contributed by atoms with Crippen molar-refractivity contribution in [2.75, 3.05) is 0 Å². The fraction of sp³-hybridized carbons (Fsp3) is 0.294. The Balaban J connectivity index is 1.51. The molecule has 2 heterocycles. The van der Waals surface area contributed by atoms with Crippen LogP contribution in [0, 0.1) is 0 Å². The zero-order valence-electron chi connectivity index (χ0n) is 13.7. The van der Waals surface area contributed by atoms with Crippen LogP contribution in [0.1, 0.15) is 31.4 Å². The molecule has 130 valence electrons. The number of aromatic nitrogens is 2. The molecule has 0 bridgehead atoms. The van der Waals surface area contributed by atoms with Crippen LogP contribution >= 0.6 is 0 Å². The van der Waals surface area contributed by atoms with Gasteiger partial charge >= 0.3 is 6.03 Å². The molecule has 1 saturated heterocycles. The molecule has 3 N–H and O–H groups in total. The molecule has 3 rings (SSSR count). The van der Waals surface area contributed by atoms with Gasteiger partial charge in [0.1, 0.15) is 6.04 Å². The van der Waals surface area contributed by atoms with Crippen LogP contribution in [0.4, 0.5) is 4.79 Å². The monoisotopic (exact) mass is 341 g/mol. The first-order valence-electron chi connectivity index (χ1n) is 8.02. The van der Waals surface area contributed by atoms with Gasteiger partial charge in [0.25, 0.3) is 5.91 Å². The second kappa shape index (κ2) is 7.16. The van der Waals surface area contributed by atoms with Crippen LogP contribution in [0.2, 0.25) is 0 Å². The van der Waals surface area contributed by atoms with Gasteiger partial charge in [0.15, 0.2) is 0 Å². The highest BCUT2D eigenvalue weighted by molar-refractivity contribution is 6.04. The number of carbonyl (C=O) groups is 3. The number of hydrogen-bond acceptors (Lipinski definition) is 4. The summed E-state index contributed by atoms with van der Waals surface area (Å²) >= 11 is 0.